The largest absolute Gasteiger partial charge is 0.380 e. The molecule has 1 N–H and O–H groups in total. The summed E-state index contributed by atoms with van der Waals surface area (Å²) in [6.45, 7) is 1.92. The van der Waals surface area contributed by atoms with Crippen LogP contribution in [-0.4, -0.2) is 6.04 Å². The van der Waals surface area contributed by atoms with Crippen molar-refractivity contribution in [1.29, 1.82) is 0 Å². The van der Waals surface area contributed by atoms with Crippen LogP contribution in [0.15, 0.2) is 42.5 Å². The van der Waals surface area contributed by atoms with E-state index < -0.39 is 11.6 Å². The highest BCUT2D eigenvalue weighted by Crippen LogP contribution is 2.19. The molecule has 0 heterocycles. The molecule has 0 bridgehead atoms. The van der Waals surface area contributed by atoms with Gasteiger partial charge in [0.15, 0.2) is 11.6 Å². The van der Waals surface area contributed by atoms with Crippen LogP contribution in [0, 0.1) is 11.6 Å². The summed E-state index contributed by atoms with van der Waals surface area (Å²) in [6.07, 6.45) is 0.702. The Kier molecular flexibility index (Phi) is 4.38. The van der Waals surface area contributed by atoms with E-state index in [1.807, 2.05) is 31.2 Å². The minimum Gasteiger partial charge on any atom is -0.380 e. The fraction of sp³-hybridized carbons (Fsp3) is 0.200. The molecule has 0 aliphatic rings. The van der Waals surface area contributed by atoms with Crippen molar-refractivity contribution in [2.75, 3.05) is 5.32 Å². The van der Waals surface area contributed by atoms with Gasteiger partial charge in [0.05, 0.1) is 5.69 Å². The van der Waals surface area contributed by atoms with Crippen molar-refractivity contribution < 1.29 is 8.78 Å². The van der Waals surface area contributed by atoms with E-state index in [1.54, 1.807) is 0 Å². The van der Waals surface area contributed by atoms with Crippen molar-refractivity contribution in [2.45, 2.75) is 19.4 Å². The fourth-order valence-electron chi connectivity index (χ4n) is 1.91. The molecule has 0 saturated heterocycles. The van der Waals surface area contributed by atoms with Gasteiger partial charge >= 0.3 is 0 Å². The van der Waals surface area contributed by atoms with Gasteiger partial charge in [-0.25, -0.2) is 8.78 Å². The molecule has 4 heteroatoms. The zero-order chi connectivity index (χ0) is 13.8. The SMILES string of the molecule is CC(Cc1ccc(Cl)cc1)Nc1cccc(F)c1F. The van der Waals surface area contributed by atoms with E-state index in [4.69, 9.17) is 11.6 Å². The lowest BCUT2D eigenvalue weighted by atomic mass is 10.1. The molecule has 0 saturated carbocycles. The highest BCUT2D eigenvalue weighted by molar-refractivity contribution is 6.30. The Morgan fingerprint density at radius 2 is 1.79 bits per heavy atom. The second-order valence-electron chi connectivity index (χ2n) is 4.48. The molecule has 1 unspecified atom stereocenters. The molecule has 0 amide bonds. The maximum atomic E-state index is 13.5. The van der Waals surface area contributed by atoms with Crippen LogP contribution in [0.25, 0.3) is 0 Å². The average molecular weight is 282 g/mol. The summed E-state index contributed by atoms with van der Waals surface area (Å²) in [7, 11) is 0. The Morgan fingerprint density at radius 3 is 2.47 bits per heavy atom. The summed E-state index contributed by atoms with van der Waals surface area (Å²) >= 11 is 5.81. The predicted molar refractivity (Wildman–Crippen MR) is 74.6 cm³/mol. The lowest BCUT2D eigenvalue weighted by Gasteiger charge is -2.16. The van der Waals surface area contributed by atoms with E-state index in [2.05, 4.69) is 5.32 Å². The summed E-state index contributed by atoms with van der Waals surface area (Å²) in [5.74, 6) is -1.69. The fourth-order valence-corrected chi connectivity index (χ4v) is 2.03. The molecule has 0 aromatic heterocycles. The first kappa shape index (κ1) is 13.8. The van der Waals surface area contributed by atoms with E-state index >= 15 is 0 Å². The van der Waals surface area contributed by atoms with Crippen molar-refractivity contribution >= 4 is 17.3 Å². The molecule has 2 aromatic rings. The first-order chi connectivity index (χ1) is 9.06. The summed E-state index contributed by atoms with van der Waals surface area (Å²) in [6, 6.07) is 11.6. The van der Waals surface area contributed by atoms with Crippen molar-refractivity contribution in [1.82, 2.24) is 0 Å². The molecule has 19 heavy (non-hydrogen) atoms. The third-order valence-corrected chi connectivity index (χ3v) is 3.06. The Labute approximate surface area is 116 Å². The van der Waals surface area contributed by atoms with Crippen LogP contribution in [0.3, 0.4) is 0 Å². The van der Waals surface area contributed by atoms with Gasteiger partial charge in [0.1, 0.15) is 0 Å². The number of nitrogens with one attached hydrogen (secondary N) is 1. The Morgan fingerprint density at radius 1 is 1.11 bits per heavy atom. The van der Waals surface area contributed by atoms with Crippen LogP contribution in [-0.2, 0) is 6.42 Å². The van der Waals surface area contributed by atoms with Gasteiger partial charge in [-0.2, -0.15) is 0 Å². The molecule has 100 valence electrons. The quantitative estimate of drug-likeness (QED) is 0.859. The molecule has 2 aromatic carbocycles. The number of hydrogen-bond acceptors (Lipinski definition) is 1. The van der Waals surface area contributed by atoms with E-state index in [9.17, 15) is 8.78 Å². The van der Waals surface area contributed by atoms with Crippen LogP contribution in [0.5, 0.6) is 0 Å². The minimum atomic E-state index is -0.844. The highest BCUT2D eigenvalue weighted by atomic mass is 35.5. The number of anilines is 1. The number of hydrogen-bond donors (Lipinski definition) is 1. The van der Waals surface area contributed by atoms with Crippen LogP contribution in [0.2, 0.25) is 5.02 Å². The zero-order valence-corrected chi connectivity index (χ0v) is 11.2. The van der Waals surface area contributed by atoms with Crippen LogP contribution >= 0.6 is 11.6 Å². The molecular weight excluding hydrogens is 268 g/mol. The van der Waals surface area contributed by atoms with Gasteiger partial charge in [-0.1, -0.05) is 29.8 Å². The second kappa shape index (κ2) is 6.02. The van der Waals surface area contributed by atoms with E-state index in [-0.39, 0.29) is 11.7 Å². The molecular formula is C15H14ClF2N. The molecule has 1 atom stereocenters. The van der Waals surface area contributed by atoms with E-state index in [1.165, 1.54) is 12.1 Å². The first-order valence-electron chi connectivity index (χ1n) is 6.01. The maximum absolute atomic E-state index is 13.5. The molecule has 0 spiro atoms. The van der Waals surface area contributed by atoms with Gasteiger partial charge in [-0.15, -0.1) is 0 Å². The standard InChI is InChI=1S/C15H14ClF2N/c1-10(9-11-5-7-12(16)8-6-11)19-14-4-2-3-13(17)15(14)18/h2-8,10,19H,9H2,1H3. The highest BCUT2D eigenvalue weighted by Gasteiger charge is 2.10. The monoisotopic (exact) mass is 281 g/mol. The Balaban J connectivity index is 2.03. The van der Waals surface area contributed by atoms with Crippen molar-refractivity contribution in [3.05, 3.63) is 64.7 Å². The topological polar surface area (TPSA) is 12.0 Å². The van der Waals surface area contributed by atoms with Gasteiger partial charge in [-0.05, 0) is 43.2 Å². The summed E-state index contributed by atoms with van der Waals surface area (Å²) < 4.78 is 26.6. The van der Waals surface area contributed by atoms with Crippen LogP contribution < -0.4 is 5.32 Å². The van der Waals surface area contributed by atoms with E-state index in [0.29, 0.717) is 11.4 Å². The summed E-state index contributed by atoms with van der Waals surface area (Å²) in [5.41, 5.74) is 1.27. The zero-order valence-electron chi connectivity index (χ0n) is 10.5. The first-order valence-corrected chi connectivity index (χ1v) is 6.39. The molecule has 1 nitrogen and oxygen atoms in total. The predicted octanol–water partition coefficient (Wildman–Crippen LogP) is 4.66. The van der Waals surface area contributed by atoms with Gasteiger partial charge in [0.2, 0.25) is 0 Å². The number of halogens is 3. The number of benzene rings is 2. The molecule has 0 aliphatic heterocycles. The minimum absolute atomic E-state index is 0.0162. The van der Waals surface area contributed by atoms with Gasteiger partial charge in [-0.3, -0.25) is 0 Å². The number of rotatable bonds is 4. The lowest BCUT2D eigenvalue weighted by Crippen LogP contribution is -2.19. The third kappa shape index (κ3) is 3.67. The summed E-state index contributed by atoms with van der Waals surface area (Å²) in [5, 5.41) is 3.65. The van der Waals surface area contributed by atoms with Gasteiger partial charge in [0, 0.05) is 11.1 Å². The lowest BCUT2D eigenvalue weighted by molar-refractivity contribution is 0.510. The molecule has 0 radical (unpaired) electrons. The van der Waals surface area contributed by atoms with Crippen molar-refractivity contribution in [3.8, 4) is 0 Å². The molecule has 2 rings (SSSR count). The van der Waals surface area contributed by atoms with Gasteiger partial charge < -0.3 is 5.32 Å². The maximum Gasteiger partial charge on any atom is 0.181 e. The molecule has 0 fully saturated rings. The Bertz CT molecular complexity index is 555. The van der Waals surface area contributed by atoms with E-state index in [0.717, 1.165) is 11.6 Å². The summed E-state index contributed by atoms with van der Waals surface area (Å²) in [4.78, 5) is 0. The van der Waals surface area contributed by atoms with Crippen LogP contribution in [0.1, 0.15) is 12.5 Å². The molecule has 0 aliphatic carbocycles. The van der Waals surface area contributed by atoms with Crippen molar-refractivity contribution in [2.24, 2.45) is 0 Å². The van der Waals surface area contributed by atoms with Gasteiger partial charge in [0.25, 0.3) is 0 Å². The second-order valence-corrected chi connectivity index (χ2v) is 4.91. The third-order valence-electron chi connectivity index (χ3n) is 2.81. The normalized spacial score (nSPS) is 12.2. The average Bonchev–Trinajstić information content (AvgIpc) is 2.38. The van der Waals surface area contributed by atoms with Crippen LogP contribution in [0.4, 0.5) is 14.5 Å². The van der Waals surface area contributed by atoms with Crippen molar-refractivity contribution in [3.63, 3.8) is 0 Å². The smallest absolute Gasteiger partial charge is 0.181 e. The Hall–Kier alpha value is -1.61.